The van der Waals surface area contributed by atoms with Crippen molar-refractivity contribution in [1.82, 2.24) is 4.47 Å². The number of esters is 1. The molecule has 0 aromatic heterocycles. The molecule has 0 aliphatic heterocycles. The van der Waals surface area contributed by atoms with Gasteiger partial charge in [-0.05, 0) is 50.2 Å². The minimum absolute atomic E-state index is 0.0430. The molecule has 8 nitrogen and oxygen atoms in total. The normalized spacial score (nSPS) is 12.5. The molecule has 0 radical (unpaired) electrons. The van der Waals surface area contributed by atoms with E-state index in [2.05, 4.69) is 5.32 Å². The van der Waals surface area contributed by atoms with Gasteiger partial charge in [-0.25, -0.2) is 13.2 Å². The van der Waals surface area contributed by atoms with E-state index in [1.165, 1.54) is 45.3 Å². The SMILES string of the molecule is CON(C)S(=O)(=O)c1ccc(C(=O)O[C@@H](C)C(=O)Nc2ccc(C)cc2)cc1. The number of amides is 1. The molecular weight excluding hydrogens is 384 g/mol. The Hall–Kier alpha value is -2.75. The molecule has 0 heterocycles. The molecule has 1 N–H and O–H groups in total. The second kappa shape index (κ2) is 8.96. The highest BCUT2D eigenvalue weighted by Gasteiger charge is 2.22. The predicted octanol–water partition coefficient (Wildman–Crippen LogP) is 2.36. The number of benzene rings is 2. The van der Waals surface area contributed by atoms with Crippen molar-refractivity contribution in [3.63, 3.8) is 0 Å². The minimum atomic E-state index is -3.81. The lowest BCUT2D eigenvalue weighted by Gasteiger charge is -2.15. The lowest BCUT2D eigenvalue weighted by atomic mass is 10.2. The van der Waals surface area contributed by atoms with Gasteiger partial charge in [-0.2, -0.15) is 0 Å². The van der Waals surface area contributed by atoms with Crippen LogP contribution in [0.15, 0.2) is 53.4 Å². The Morgan fingerprint density at radius 2 is 1.61 bits per heavy atom. The molecular formula is C19H22N2O6S. The van der Waals surface area contributed by atoms with Crippen LogP contribution in [-0.2, 0) is 24.4 Å². The van der Waals surface area contributed by atoms with E-state index >= 15 is 0 Å². The number of rotatable bonds is 7. The van der Waals surface area contributed by atoms with Crippen molar-refractivity contribution >= 4 is 27.6 Å². The van der Waals surface area contributed by atoms with Crippen molar-refractivity contribution in [2.75, 3.05) is 19.5 Å². The molecule has 0 bridgehead atoms. The molecule has 0 saturated heterocycles. The summed E-state index contributed by atoms with van der Waals surface area (Å²) >= 11 is 0. The van der Waals surface area contributed by atoms with Crippen LogP contribution in [0.25, 0.3) is 0 Å². The lowest BCUT2D eigenvalue weighted by molar-refractivity contribution is -0.123. The van der Waals surface area contributed by atoms with Crippen molar-refractivity contribution in [2.24, 2.45) is 0 Å². The van der Waals surface area contributed by atoms with Crippen LogP contribution in [0.4, 0.5) is 5.69 Å². The molecule has 1 atom stereocenters. The van der Waals surface area contributed by atoms with Gasteiger partial charge in [0.2, 0.25) is 0 Å². The van der Waals surface area contributed by atoms with Crippen molar-refractivity contribution in [2.45, 2.75) is 24.8 Å². The number of hydrogen-bond acceptors (Lipinski definition) is 6. The number of ether oxygens (including phenoxy) is 1. The highest BCUT2D eigenvalue weighted by molar-refractivity contribution is 7.89. The first-order valence-electron chi connectivity index (χ1n) is 8.36. The molecule has 0 fully saturated rings. The van der Waals surface area contributed by atoms with E-state index in [0.717, 1.165) is 5.56 Å². The Kier molecular flexibility index (Phi) is 6.90. The molecule has 0 aliphatic carbocycles. The zero-order valence-electron chi connectivity index (χ0n) is 16.0. The number of aryl methyl sites for hydroxylation is 1. The van der Waals surface area contributed by atoms with Crippen LogP contribution in [0.1, 0.15) is 22.8 Å². The van der Waals surface area contributed by atoms with Gasteiger partial charge < -0.3 is 10.1 Å². The minimum Gasteiger partial charge on any atom is -0.449 e. The Morgan fingerprint density at radius 3 is 2.14 bits per heavy atom. The third-order valence-electron chi connectivity index (χ3n) is 3.96. The fourth-order valence-electron chi connectivity index (χ4n) is 2.17. The first-order valence-corrected chi connectivity index (χ1v) is 9.80. The van der Waals surface area contributed by atoms with Gasteiger partial charge in [-0.15, -0.1) is 0 Å². The van der Waals surface area contributed by atoms with Gasteiger partial charge in [0, 0.05) is 12.7 Å². The molecule has 0 aliphatic rings. The van der Waals surface area contributed by atoms with E-state index in [1.807, 2.05) is 19.1 Å². The first kappa shape index (κ1) is 21.5. The molecule has 28 heavy (non-hydrogen) atoms. The van der Waals surface area contributed by atoms with Gasteiger partial charge in [-0.1, -0.05) is 22.2 Å². The molecule has 0 unspecified atom stereocenters. The van der Waals surface area contributed by atoms with Gasteiger partial charge in [-0.3, -0.25) is 9.63 Å². The Labute approximate surface area is 164 Å². The summed E-state index contributed by atoms with van der Waals surface area (Å²) in [5.74, 6) is -1.21. The number of anilines is 1. The molecule has 2 aromatic carbocycles. The summed E-state index contributed by atoms with van der Waals surface area (Å²) in [6.07, 6.45) is -1.03. The van der Waals surface area contributed by atoms with Crippen LogP contribution in [0.3, 0.4) is 0 Å². The van der Waals surface area contributed by atoms with E-state index in [4.69, 9.17) is 9.57 Å². The maximum atomic E-state index is 12.2. The van der Waals surface area contributed by atoms with Crippen molar-refractivity contribution in [3.05, 3.63) is 59.7 Å². The molecule has 2 aromatic rings. The largest absolute Gasteiger partial charge is 0.449 e. The Balaban J connectivity index is 2.01. The van der Waals surface area contributed by atoms with E-state index in [0.29, 0.717) is 10.2 Å². The average molecular weight is 406 g/mol. The summed E-state index contributed by atoms with van der Waals surface area (Å²) in [6, 6.07) is 12.3. The third kappa shape index (κ3) is 5.16. The van der Waals surface area contributed by atoms with Crippen molar-refractivity contribution in [1.29, 1.82) is 0 Å². The predicted molar refractivity (Wildman–Crippen MR) is 103 cm³/mol. The summed E-state index contributed by atoms with van der Waals surface area (Å²) in [5, 5.41) is 2.66. The highest BCUT2D eigenvalue weighted by atomic mass is 32.2. The number of carbonyl (C=O) groups excluding carboxylic acids is 2. The maximum absolute atomic E-state index is 12.2. The number of nitrogens with zero attached hydrogens (tertiary/aromatic N) is 1. The molecule has 2 rings (SSSR count). The van der Waals surface area contributed by atoms with E-state index < -0.39 is 28.0 Å². The standard InChI is InChI=1S/C19H22N2O6S/c1-13-5-9-16(10-6-13)20-18(22)14(2)27-19(23)15-7-11-17(12-8-15)28(24,25)21(3)26-4/h5-12,14H,1-4H3,(H,20,22)/t14-/m0/s1. The third-order valence-corrected chi connectivity index (χ3v) is 5.65. The number of hydroxylamine groups is 1. The number of carbonyl (C=O) groups is 2. The second-order valence-corrected chi connectivity index (χ2v) is 7.96. The number of sulfonamides is 1. The fourth-order valence-corrected chi connectivity index (χ4v) is 3.15. The van der Waals surface area contributed by atoms with Gasteiger partial charge in [0.05, 0.1) is 17.6 Å². The topological polar surface area (TPSA) is 102 Å². The monoisotopic (exact) mass is 406 g/mol. The quantitative estimate of drug-likeness (QED) is 0.559. The van der Waals surface area contributed by atoms with Gasteiger partial charge >= 0.3 is 5.97 Å². The second-order valence-electron chi connectivity index (χ2n) is 6.02. The average Bonchev–Trinajstić information content (AvgIpc) is 2.68. The zero-order valence-corrected chi connectivity index (χ0v) is 16.8. The van der Waals surface area contributed by atoms with Crippen LogP contribution in [-0.4, -0.2) is 45.0 Å². The number of nitrogens with one attached hydrogen (secondary N) is 1. The van der Waals surface area contributed by atoms with E-state index in [9.17, 15) is 18.0 Å². The zero-order chi connectivity index (χ0) is 20.9. The summed E-state index contributed by atoms with van der Waals surface area (Å²) in [6.45, 7) is 3.38. The lowest BCUT2D eigenvalue weighted by Crippen LogP contribution is -2.30. The summed E-state index contributed by atoms with van der Waals surface area (Å²) < 4.78 is 30.1. The fraction of sp³-hybridized carbons (Fsp3) is 0.263. The van der Waals surface area contributed by atoms with Crippen LogP contribution in [0.2, 0.25) is 0 Å². The summed E-state index contributed by atoms with van der Waals surface area (Å²) in [7, 11) is -1.33. The van der Waals surface area contributed by atoms with Crippen LogP contribution in [0.5, 0.6) is 0 Å². The molecule has 150 valence electrons. The van der Waals surface area contributed by atoms with Gasteiger partial charge in [0.1, 0.15) is 0 Å². The Bertz CT molecular complexity index is 939. The Morgan fingerprint density at radius 1 is 1.04 bits per heavy atom. The summed E-state index contributed by atoms with van der Waals surface area (Å²) in [4.78, 5) is 29.0. The number of hydrogen-bond donors (Lipinski definition) is 1. The van der Waals surface area contributed by atoms with Crippen LogP contribution >= 0.6 is 0 Å². The van der Waals surface area contributed by atoms with E-state index in [-0.39, 0.29) is 10.5 Å². The molecule has 0 spiro atoms. The maximum Gasteiger partial charge on any atom is 0.338 e. The first-order chi connectivity index (χ1) is 13.1. The van der Waals surface area contributed by atoms with Crippen molar-refractivity contribution in [3.8, 4) is 0 Å². The molecule has 9 heteroatoms. The van der Waals surface area contributed by atoms with Crippen LogP contribution < -0.4 is 5.32 Å². The van der Waals surface area contributed by atoms with Gasteiger partial charge in [0.15, 0.2) is 6.10 Å². The molecule has 1 amide bonds. The van der Waals surface area contributed by atoms with Crippen LogP contribution in [0, 0.1) is 6.92 Å². The highest BCUT2D eigenvalue weighted by Crippen LogP contribution is 2.16. The summed E-state index contributed by atoms with van der Waals surface area (Å²) in [5.41, 5.74) is 1.77. The van der Waals surface area contributed by atoms with E-state index in [1.54, 1.807) is 12.1 Å². The molecule has 0 saturated carbocycles. The van der Waals surface area contributed by atoms with Gasteiger partial charge in [0.25, 0.3) is 15.9 Å². The van der Waals surface area contributed by atoms with Crippen molar-refractivity contribution < 1.29 is 27.6 Å². The smallest absolute Gasteiger partial charge is 0.338 e.